The summed E-state index contributed by atoms with van der Waals surface area (Å²) in [6.07, 6.45) is 5.20. The molecule has 2 aliphatic rings. The van der Waals surface area contributed by atoms with E-state index in [0.717, 1.165) is 27.7 Å². The van der Waals surface area contributed by atoms with E-state index >= 15 is 0 Å². The number of sulfonamides is 1. The zero-order valence-electron chi connectivity index (χ0n) is 18.4. The van der Waals surface area contributed by atoms with Crippen LogP contribution in [0.25, 0.3) is 0 Å². The monoisotopic (exact) mass is 538 g/mol. The van der Waals surface area contributed by atoms with Gasteiger partial charge in [0, 0.05) is 21.8 Å². The van der Waals surface area contributed by atoms with Crippen LogP contribution in [0.5, 0.6) is 0 Å². The lowest BCUT2D eigenvalue weighted by Crippen LogP contribution is -2.29. The number of rotatable bonds is 5. The summed E-state index contributed by atoms with van der Waals surface area (Å²) in [5, 5.41) is 3.61. The lowest BCUT2D eigenvalue weighted by molar-refractivity contribution is 0.0600. The van der Waals surface area contributed by atoms with Gasteiger partial charge in [-0.1, -0.05) is 40.2 Å². The number of allylic oxidation sites excluding steroid dienone is 2. The van der Waals surface area contributed by atoms with Gasteiger partial charge in [-0.05, 0) is 78.1 Å². The third-order valence-corrected chi connectivity index (χ3v) is 8.34. The van der Waals surface area contributed by atoms with Crippen molar-refractivity contribution in [2.75, 3.05) is 17.1 Å². The van der Waals surface area contributed by atoms with Gasteiger partial charge in [-0.3, -0.25) is 4.72 Å². The standard InChI is InChI=1S/C26H23BrN2O4S/c1-33-26(30)17-7-5-16(6-8-17)25-22-4-2-3-21(22)23-15-20(13-14-24(23)28-25)34(31,32)29-19-11-9-18(27)10-12-19/h2-3,5-15,21-22,25,28-29H,4H2,1H3/t21-,22+,25+/m0/s1. The van der Waals surface area contributed by atoms with Crippen LogP contribution >= 0.6 is 15.9 Å². The number of methoxy groups -OCH3 is 1. The minimum Gasteiger partial charge on any atom is -0.465 e. The molecule has 0 bridgehead atoms. The summed E-state index contributed by atoms with van der Waals surface area (Å²) < 4.78 is 34.5. The van der Waals surface area contributed by atoms with Crippen LogP contribution in [0.15, 0.2) is 88.3 Å². The first-order chi connectivity index (χ1) is 16.4. The summed E-state index contributed by atoms with van der Waals surface area (Å²) >= 11 is 3.36. The Hall–Kier alpha value is -3.10. The molecule has 0 aromatic heterocycles. The maximum atomic E-state index is 13.1. The molecule has 34 heavy (non-hydrogen) atoms. The Morgan fingerprint density at radius 1 is 1.06 bits per heavy atom. The number of anilines is 2. The molecule has 0 radical (unpaired) electrons. The minimum absolute atomic E-state index is 0.0440. The van der Waals surface area contributed by atoms with Crippen molar-refractivity contribution >= 4 is 43.3 Å². The zero-order chi connectivity index (χ0) is 23.9. The smallest absolute Gasteiger partial charge is 0.337 e. The Bertz CT molecular complexity index is 1370. The van der Waals surface area contributed by atoms with E-state index in [1.54, 1.807) is 48.5 Å². The Morgan fingerprint density at radius 3 is 2.50 bits per heavy atom. The van der Waals surface area contributed by atoms with E-state index in [2.05, 4.69) is 38.1 Å². The Balaban J connectivity index is 1.44. The normalized spacial score (nSPS) is 20.7. The molecule has 6 nitrogen and oxygen atoms in total. The van der Waals surface area contributed by atoms with Gasteiger partial charge in [0.1, 0.15) is 0 Å². The minimum atomic E-state index is -3.73. The van der Waals surface area contributed by atoms with E-state index < -0.39 is 10.0 Å². The molecule has 3 atom stereocenters. The summed E-state index contributed by atoms with van der Waals surface area (Å²) in [7, 11) is -2.36. The molecule has 2 N–H and O–H groups in total. The predicted octanol–water partition coefficient (Wildman–Crippen LogP) is 5.86. The van der Waals surface area contributed by atoms with Gasteiger partial charge >= 0.3 is 5.97 Å². The van der Waals surface area contributed by atoms with Gasteiger partial charge in [0.2, 0.25) is 0 Å². The molecule has 174 valence electrons. The number of carbonyl (C=O) groups excluding carboxylic acids is 1. The summed E-state index contributed by atoms with van der Waals surface area (Å²) in [4.78, 5) is 12.0. The average Bonchev–Trinajstić information content (AvgIpc) is 3.34. The third-order valence-electron chi connectivity index (χ3n) is 6.43. The van der Waals surface area contributed by atoms with Crippen LogP contribution in [-0.2, 0) is 14.8 Å². The van der Waals surface area contributed by atoms with E-state index in [1.165, 1.54) is 7.11 Å². The predicted molar refractivity (Wildman–Crippen MR) is 136 cm³/mol. The molecule has 0 saturated carbocycles. The van der Waals surface area contributed by atoms with Crippen LogP contribution in [0.4, 0.5) is 11.4 Å². The number of fused-ring (bicyclic) bond motifs is 3. The van der Waals surface area contributed by atoms with Gasteiger partial charge in [-0.15, -0.1) is 0 Å². The molecule has 1 heterocycles. The molecule has 1 aliphatic heterocycles. The molecule has 3 aromatic carbocycles. The molecule has 0 unspecified atom stereocenters. The first-order valence-corrected chi connectivity index (χ1v) is 13.2. The van der Waals surface area contributed by atoms with E-state index in [-0.39, 0.29) is 28.7 Å². The quantitative estimate of drug-likeness (QED) is 0.313. The Labute approximate surface area is 207 Å². The van der Waals surface area contributed by atoms with E-state index in [0.29, 0.717) is 11.3 Å². The number of halogens is 1. The van der Waals surface area contributed by atoms with Crippen LogP contribution in [0.2, 0.25) is 0 Å². The van der Waals surface area contributed by atoms with Gasteiger partial charge in [0.25, 0.3) is 10.0 Å². The Morgan fingerprint density at radius 2 is 1.79 bits per heavy atom. The number of esters is 1. The van der Waals surface area contributed by atoms with Gasteiger partial charge in [0.15, 0.2) is 0 Å². The molecule has 8 heteroatoms. The first kappa shape index (κ1) is 22.7. The number of ether oxygens (including phenoxy) is 1. The van der Waals surface area contributed by atoms with Crippen molar-refractivity contribution in [3.05, 3.63) is 100 Å². The molecule has 0 amide bonds. The fourth-order valence-electron chi connectivity index (χ4n) is 4.75. The number of benzene rings is 3. The van der Waals surface area contributed by atoms with Crippen LogP contribution in [0, 0.1) is 5.92 Å². The number of hydrogen-bond donors (Lipinski definition) is 2. The number of hydrogen-bond acceptors (Lipinski definition) is 5. The van der Waals surface area contributed by atoms with Crippen LogP contribution in [0.3, 0.4) is 0 Å². The van der Waals surface area contributed by atoms with Gasteiger partial charge in [0.05, 0.1) is 23.6 Å². The average molecular weight is 539 g/mol. The highest BCUT2D eigenvalue weighted by Gasteiger charge is 2.38. The van der Waals surface area contributed by atoms with Crippen molar-refractivity contribution in [3.63, 3.8) is 0 Å². The van der Waals surface area contributed by atoms with Crippen molar-refractivity contribution in [2.24, 2.45) is 5.92 Å². The van der Waals surface area contributed by atoms with Gasteiger partial charge in [-0.25, -0.2) is 13.2 Å². The van der Waals surface area contributed by atoms with Gasteiger partial charge < -0.3 is 10.1 Å². The first-order valence-electron chi connectivity index (χ1n) is 10.9. The van der Waals surface area contributed by atoms with E-state index in [9.17, 15) is 13.2 Å². The molecule has 0 spiro atoms. The lowest BCUT2D eigenvalue weighted by Gasteiger charge is -2.37. The van der Waals surface area contributed by atoms with E-state index in [1.807, 2.05) is 18.2 Å². The van der Waals surface area contributed by atoms with Crippen molar-refractivity contribution in [1.82, 2.24) is 0 Å². The summed E-state index contributed by atoms with van der Waals surface area (Å²) in [6, 6.07) is 19.7. The molecule has 3 aromatic rings. The van der Waals surface area contributed by atoms with Crippen molar-refractivity contribution in [2.45, 2.75) is 23.3 Å². The largest absolute Gasteiger partial charge is 0.465 e. The molecular weight excluding hydrogens is 516 g/mol. The molecule has 0 fully saturated rings. The lowest BCUT2D eigenvalue weighted by atomic mass is 9.77. The van der Waals surface area contributed by atoms with Crippen molar-refractivity contribution in [3.8, 4) is 0 Å². The third kappa shape index (κ3) is 4.23. The summed E-state index contributed by atoms with van der Waals surface area (Å²) in [5.74, 6) is -0.0161. The second-order valence-electron chi connectivity index (χ2n) is 8.45. The molecule has 5 rings (SSSR count). The summed E-state index contributed by atoms with van der Waals surface area (Å²) in [6.45, 7) is 0. The summed E-state index contributed by atoms with van der Waals surface area (Å²) in [5.41, 5.74) is 3.98. The van der Waals surface area contributed by atoms with E-state index in [4.69, 9.17) is 4.74 Å². The van der Waals surface area contributed by atoms with Gasteiger partial charge in [-0.2, -0.15) is 0 Å². The molecule has 0 saturated heterocycles. The Kier molecular flexibility index (Phi) is 5.95. The highest BCUT2D eigenvalue weighted by Crippen LogP contribution is 2.50. The van der Waals surface area contributed by atoms with Crippen molar-refractivity contribution in [1.29, 1.82) is 0 Å². The van der Waals surface area contributed by atoms with Crippen LogP contribution in [0.1, 0.15) is 39.9 Å². The second kappa shape index (κ2) is 8.92. The maximum absolute atomic E-state index is 13.1. The fourth-order valence-corrected chi connectivity index (χ4v) is 6.10. The highest BCUT2D eigenvalue weighted by atomic mass is 79.9. The van der Waals surface area contributed by atoms with Crippen LogP contribution < -0.4 is 10.0 Å². The highest BCUT2D eigenvalue weighted by molar-refractivity contribution is 9.10. The molecule has 1 aliphatic carbocycles. The number of carbonyl (C=O) groups is 1. The van der Waals surface area contributed by atoms with Crippen LogP contribution in [-0.4, -0.2) is 21.5 Å². The molecular formula is C26H23BrN2O4S. The zero-order valence-corrected chi connectivity index (χ0v) is 20.8. The van der Waals surface area contributed by atoms with Crippen molar-refractivity contribution < 1.29 is 17.9 Å². The second-order valence-corrected chi connectivity index (χ2v) is 11.0. The SMILES string of the molecule is COC(=O)c1ccc([C@H]2Nc3ccc(S(=O)(=O)Nc4ccc(Br)cc4)cc3[C@H]3C=CC[C@H]32)cc1. The maximum Gasteiger partial charge on any atom is 0.337 e. The topological polar surface area (TPSA) is 84.5 Å². The fraction of sp³-hybridized carbons (Fsp3) is 0.192. The number of nitrogens with one attached hydrogen (secondary N) is 2.